The minimum atomic E-state index is 0.0134. The summed E-state index contributed by atoms with van der Waals surface area (Å²) in [5.74, 6) is 1.15. The Kier molecular flexibility index (Phi) is 5.68. The smallest absolute Gasteiger partial charge is 0.223 e. The van der Waals surface area contributed by atoms with Crippen LogP contribution in [0.15, 0.2) is 24.3 Å². The molecule has 1 aromatic rings. The molecule has 0 aromatic heterocycles. The minimum absolute atomic E-state index is 0.0134. The molecule has 0 saturated carbocycles. The van der Waals surface area contributed by atoms with E-state index < -0.39 is 0 Å². The lowest BCUT2D eigenvalue weighted by Crippen LogP contribution is -2.33. The lowest BCUT2D eigenvalue weighted by Gasteiger charge is -2.22. The van der Waals surface area contributed by atoms with Gasteiger partial charge in [-0.1, -0.05) is 6.07 Å². The Morgan fingerprint density at radius 1 is 1.50 bits per heavy atom. The van der Waals surface area contributed by atoms with Gasteiger partial charge in [0, 0.05) is 24.9 Å². The van der Waals surface area contributed by atoms with Crippen LogP contribution in [0.2, 0.25) is 0 Å². The number of nitrogens with one attached hydrogen (secondary N) is 1. The summed E-state index contributed by atoms with van der Waals surface area (Å²) in [6, 6.07) is 7.20. The van der Waals surface area contributed by atoms with Crippen molar-refractivity contribution in [3.05, 3.63) is 24.3 Å². The number of rotatable bonds is 6. The quantitative estimate of drug-likeness (QED) is 0.775. The topological polar surface area (TPSA) is 73.6 Å². The van der Waals surface area contributed by atoms with Gasteiger partial charge in [-0.3, -0.25) is 4.79 Å². The molecule has 1 aromatic carbocycles. The van der Waals surface area contributed by atoms with Crippen molar-refractivity contribution in [3.63, 3.8) is 0 Å². The molecule has 1 aliphatic rings. The number of benzene rings is 1. The van der Waals surface area contributed by atoms with Crippen LogP contribution in [-0.2, 0) is 9.53 Å². The van der Waals surface area contributed by atoms with Gasteiger partial charge in [-0.05, 0) is 30.9 Å². The molecule has 5 nitrogen and oxygen atoms in total. The van der Waals surface area contributed by atoms with Gasteiger partial charge < -0.3 is 20.5 Å². The van der Waals surface area contributed by atoms with Crippen LogP contribution in [0.25, 0.3) is 0 Å². The number of nitrogens with two attached hydrogens (primary N) is 1. The predicted molar refractivity (Wildman–Crippen MR) is 77.5 cm³/mol. The number of carbonyl (C=O) groups excluding carboxylic acids is 1. The molecule has 5 heteroatoms. The van der Waals surface area contributed by atoms with E-state index >= 15 is 0 Å². The van der Waals surface area contributed by atoms with E-state index in [0.717, 1.165) is 26.1 Å². The summed E-state index contributed by atoms with van der Waals surface area (Å²) in [5.41, 5.74) is 6.31. The first kappa shape index (κ1) is 14.7. The monoisotopic (exact) mass is 278 g/mol. The number of hydrogen-bond donors (Lipinski definition) is 2. The summed E-state index contributed by atoms with van der Waals surface area (Å²) in [7, 11) is 0. The highest BCUT2D eigenvalue weighted by Crippen LogP contribution is 2.14. The highest BCUT2D eigenvalue weighted by molar-refractivity contribution is 5.75. The molecule has 1 saturated heterocycles. The second-order valence-corrected chi connectivity index (χ2v) is 5.06. The van der Waals surface area contributed by atoms with Crippen LogP contribution in [0.5, 0.6) is 5.75 Å². The number of ether oxygens (including phenoxy) is 2. The highest BCUT2D eigenvalue weighted by atomic mass is 16.5. The standard InChI is InChI=1S/C15H22N2O3/c16-13-4-1-5-14(9-13)20-8-6-15(18)17-10-12-3-2-7-19-11-12/h1,4-5,9,12H,2-3,6-8,10-11,16H2,(H,17,18). The molecule has 20 heavy (non-hydrogen) atoms. The van der Waals surface area contributed by atoms with Crippen LogP contribution < -0.4 is 15.8 Å². The number of anilines is 1. The van der Waals surface area contributed by atoms with Gasteiger partial charge in [-0.15, -0.1) is 0 Å². The lowest BCUT2D eigenvalue weighted by atomic mass is 10.0. The van der Waals surface area contributed by atoms with Crippen LogP contribution >= 0.6 is 0 Å². The van der Waals surface area contributed by atoms with Gasteiger partial charge >= 0.3 is 0 Å². The maximum atomic E-state index is 11.7. The number of carbonyl (C=O) groups is 1. The normalized spacial score (nSPS) is 18.5. The molecule has 1 fully saturated rings. The Balaban J connectivity index is 1.60. The molecule has 0 bridgehead atoms. The zero-order valence-electron chi connectivity index (χ0n) is 11.6. The van der Waals surface area contributed by atoms with Crippen molar-refractivity contribution in [1.82, 2.24) is 5.32 Å². The summed E-state index contributed by atoms with van der Waals surface area (Å²) in [6.07, 6.45) is 2.56. The maximum absolute atomic E-state index is 11.7. The minimum Gasteiger partial charge on any atom is -0.493 e. The number of nitrogen functional groups attached to an aromatic ring is 1. The summed E-state index contributed by atoms with van der Waals surface area (Å²) >= 11 is 0. The molecule has 1 heterocycles. The third-order valence-electron chi connectivity index (χ3n) is 3.30. The third kappa shape index (κ3) is 5.09. The van der Waals surface area contributed by atoms with Gasteiger partial charge in [-0.2, -0.15) is 0 Å². The zero-order valence-corrected chi connectivity index (χ0v) is 11.6. The Hall–Kier alpha value is -1.75. The number of amides is 1. The van der Waals surface area contributed by atoms with Gasteiger partial charge in [0.2, 0.25) is 5.91 Å². The fourth-order valence-electron chi connectivity index (χ4n) is 2.18. The van der Waals surface area contributed by atoms with E-state index in [9.17, 15) is 4.79 Å². The molecule has 0 spiro atoms. The molecule has 0 radical (unpaired) electrons. The van der Waals surface area contributed by atoms with E-state index in [1.165, 1.54) is 0 Å². The average molecular weight is 278 g/mol. The van der Waals surface area contributed by atoms with Gasteiger partial charge in [0.1, 0.15) is 5.75 Å². The zero-order chi connectivity index (χ0) is 14.2. The molecular formula is C15H22N2O3. The van der Waals surface area contributed by atoms with Crippen molar-refractivity contribution in [2.24, 2.45) is 5.92 Å². The van der Waals surface area contributed by atoms with E-state index in [1.54, 1.807) is 12.1 Å². The van der Waals surface area contributed by atoms with Crippen molar-refractivity contribution in [2.75, 3.05) is 32.1 Å². The average Bonchev–Trinajstić information content (AvgIpc) is 2.46. The van der Waals surface area contributed by atoms with E-state index in [-0.39, 0.29) is 5.91 Å². The van der Waals surface area contributed by atoms with Gasteiger partial charge in [0.25, 0.3) is 0 Å². The molecule has 2 rings (SSSR count). The van der Waals surface area contributed by atoms with E-state index in [4.69, 9.17) is 15.2 Å². The molecule has 1 amide bonds. The van der Waals surface area contributed by atoms with Crippen LogP contribution in [-0.4, -0.2) is 32.3 Å². The van der Waals surface area contributed by atoms with Gasteiger partial charge in [0.15, 0.2) is 0 Å². The van der Waals surface area contributed by atoms with Crippen molar-refractivity contribution in [1.29, 1.82) is 0 Å². The largest absolute Gasteiger partial charge is 0.493 e. The van der Waals surface area contributed by atoms with E-state index in [2.05, 4.69) is 5.32 Å². The third-order valence-corrected chi connectivity index (χ3v) is 3.30. The van der Waals surface area contributed by atoms with E-state index in [1.807, 2.05) is 12.1 Å². The Bertz CT molecular complexity index is 431. The van der Waals surface area contributed by atoms with Gasteiger partial charge in [0.05, 0.1) is 19.6 Å². The fourth-order valence-corrected chi connectivity index (χ4v) is 2.18. The van der Waals surface area contributed by atoms with Crippen LogP contribution in [0.4, 0.5) is 5.69 Å². The van der Waals surface area contributed by atoms with Crippen LogP contribution in [0.3, 0.4) is 0 Å². The molecule has 3 N–H and O–H groups in total. The summed E-state index contributed by atoms with van der Waals surface area (Å²) in [4.78, 5) is 11.7. The first-order chi connectivity index (χ1) is 9.74. The first-order valence-electron chi connectivity index (χ1n) is 7.07. The van der Waals surface area contributed by atoms with Crippen LogP contribution in [0, 0.1) is 5.92 Å². The molecular weight excluding hydrogens is 256 g/mol. The Morgan fingerprint density at radius 3 is 3.15 bits per heavy atom. The van der Waals surface area contributed by atoms with Crippen molar-refractivity contribution in [3.8, 4) is 5.75 Å². The van der Waals surface area contributed by atoms with Crippen LogP contribution in [0.1, 0.15) is 19.3 Å². The maximum Gasteiger partial charge on any atom is 0.223 e. The molecule has 1 atom stereocenters. The SMILES string of the molecule is Nc1cccc(OCCC(=O)NCC2CCCOC2)c1. The summed E-state index contributed by atoms with van der Waals surface area (Å²) < 4.78 is 10.9. The second-order valence-electron chi connectivity index (χ2n) is 5.06. The second kappa shape index (κ2) is 7.75. The van der Waals surface area contributed by atoms with Gasteiger partial charge in [-0.25, -0.2) is 0 Å². The van der Waals surface area contributed by atoms with Crippen molar-refractivity contribution >= 4 is 11.6 Å². The van der Waals surface area contributed by atoms with Crippen molar-refractivity contribution in [2.45, 2.75) is 19.3 Å². The predicted octanol–water partition coefficient (Wildman–Crippen LogP) is 1.58. The Labute approximate surface area is 119 Å². The first-order valence-corrected chi connectivity index (χ1v) is 7.07. The molecule has 1 aliphatic heterocycles. The van der Waals surface area contributed by atoms with Crippen molar-refractivity contribution < 1.29 is 14.3 Å². The fraction of sp³-hybridized carbons (Fsp3) is 0.533. The Morgan fingerprint density at radius 2 is 2.40 bits per heavy atom. The number of hydrogen-bond acceptors (Lipinski definition) is 4. The summed E-state index contributed by atoms with van der Waals surface area (Å²) in [5, 5.41) is 2.93. The molecule has 1 unspecified atom stereocenters. The lowest BCUT2D eigenvalue weighted by molar-refractivity contribution is -0.122. The highest BCUT2D eigenvalue weighted by Gasteiger charge is 2.14. The summed E-state index contributed by atoms with van der Waals surface area (Å²) in [6.45, 7) is 2.64. The van der Waals surface area contributed by atoms with E-state index in [0.29, 0.717) is 36.9 Å². The molecule has 110 valence electrons. The molecule has 0 aliphatic carbocycles.